The van der Waals surface area contributed by atoms with Crippen molar-refractivity contribution in [3.63, 3.8) is 0 Å². The summed E-state index contributed by atoms with van der Waals surface area (Å²) in [7, 11) is 0. The van der Waals surface area contributed by atoms with E-state index in [1.807, 2.05) is 48.5 Å². The highest BCUT2D eigenvalue weighted by atomic mass is 14.7. The molecule has 0 radical (unpaired) electrons. The quantitative estimate of drug-likeness (QED) is 0.487. The van der Waals surface area contributed by atoms with Gasteiger partial charge >= 0.3 is 0 Å². The molecule has 0 aliphatic carbocycles. The van der Waals surface area contributed by atoms with E-state index in [2.05, 4.69) is 22.9 Å². The molecule has 2 nitrogen and oxygen atoms in total. The number of aromatic nitrogens is 1. The maximum atomic E-state index is 5.87. The third kappa shape index (κ3) is 2.27. The first-order chi connectivity index (χ1) is 9.34. The second-order valence-corrected chi connectivity index (χ2v) is 4.22. The van der Waals surface area contributed by atoms with Crippen LogP contribution in [0.1, 0.15) is 11.3 Å². The SMILES string of the molecule is Nc1ccccc1C#Cc1nccc2ccccc12. The molecule has 0 saturated heterocycles. The Morgan fingerprint density at radius 1 is 0.842 bits per heavy atom. The number of anilines is 1. The van der Waals surface area contributed by atoms with Crippen molar-refractivity contribution in [2.24, 2.45) is 0 Å². The minimum atomic E-state index is 0.690. The van der Waals surface area contributed by atoms with Crippen LogP contribution in [0, 0.1) is 11.8 Å². The monoisotopic (exact) mass is 244 g/mol. The van der Waals surface area contributed by atoms with E-state index in [9.17, 15) is 0 Å². The maximum absolute atomic E-state index is 5.87. The molecule has 2 N–H and O–H groups in total. The molecular weight excluding hydrogens is 232 g/mol. The molecule has 1 aromatic heterocycles. The number of pyridine rings is 1. The van der Waals surface area contributed by atoms with E-state index < -0.39 is 0 Å². The first-order valence-corrected chi connectivity index (χ1v) is 6.05. The Labute approximate surface area is 111 Å². The molecule has 0 bridgehead atoms. The summed E-state index contributed by atoms with van der Waals surface area (Å²) in [6, 6.07) is 17.7. The summed E-state index contributed by atoms with van der Waals surface area (Å²) in [6.07, 6.45) is 1.78. The fourth-order valence-corrected chi connectivity index (χ4v) is 1.96. The number of benzene rings is 2. The van der Waals surface area contributed by atoms with Crippen LogP contribution in [0.15, 0.2) is 60.8 Å². The van der Waals surface area contributed by atoms with Gasteiger partial charge in [-0.1, -0.05) is 42.3 Å². The van der Waals surface area contributed by atoms with Crippen molar-refractivity contribution in [2.45, 2.75) is 0 Å². The van der Waals surface area contributed by atoms with E-state index in [4.69, 9.17) is 5.73 Å². The number of para-hydroxylation sites is 1. The number of hydrogen-bond acceptors (Lipinski definition) is 2. The zero-order chi connectivity index (χ0) is 13.1. The van der Waals surface area contributed by atoms with Gasteiger partial charge in [0.15, 0.2) is 0 Å². The predicted molar refractivity (Wildman–Crippen MR) is 78.6 cm³/mol. The molecule has 0 fully saturated rings. The lowest BCUT2D eigenvalue weighted by molar-refractivity contribution is 1.32. The summed E-state index contributed by atoms with van der Waals surface area (Å²) in [5.41, 5.74) is 8.17. The highest BCUT2D eigenvalue weighted by Crippen LogP contribution is 2.16. The van der Waals surface area contributed by atoms with Crippen LogP contribution < -0.4 is 5.73 Å². The van der Waals surface area contributed by atoms with Gasteiger partial charge in [0, 0.05) is 22.8 Å². The third-order valence-corrected chi connectivity index (χ3v) is 2.95. The molecule has 3 rings (SSSR count). The summed E-state index contributed by atoms with van der Waals surface area (Å²) in [5, 5.41) is 2.20. The van der Waals surface area contributed by atoms with Crippen molar-refractivity contribution >= 4 is 16.5 Å². The van der Waals surface area contributed by atoms with Crippen molar-refractivity contribution in [3.05, 3.63) is 72.1 Å². The van der Waals surface area contributed by atoms with Gasteiger partial charge in [-0.25, -0.2) is 4.98 Å². The lowest BCUT2D eigenvalue weighted by Gasteiger charge is -1.99. The fraction of sp³-hybridized carbons (Fsp3) is 0. The average Bonchev–Trinajstić information content (AvgIpc) is 2.46. The van der Waals surface area contributed by atoms with Crippen LogP contribution in [0.5, 0.6) is 0 Å². The molecule has 1 heterocycles. The van der Waals surface area contributed by atoms with E-state index in [-0.39, 0.29) is 0 Å². The Morgan fingerprint density at radius 2 is 1.63 bits per heavy atom. The van der Waals surface area contributed by atoms with Gasteiger partial charge in [0.1, 0.15) is 5.69 Å². The van der Waals surface area contributed by atoms with Crippen molar-refractivity contribution in [2.75, 3.05) is 5.73 Å². The van der Waals surface area contributed by atoms with Crippen molar-refractivity contribution in [3.8, 4) is 11.8 Å². The van der Waals surface area contributed by atoms with E-state index in [0.717, 1.165) is 22.0 Å². The van der Waals surface area contributed by atoms with Crippen molar-refractivity contribution in [1.29, 1.82) is 0 Å². The zero-order valence-electron chi connectivity index (χ0n) is 10.3. The Bertz CT molecular complexity index is 789. The normalized spacial score (nSPS) is 9.89. The zero-order valence-corrected chi connectivity index (χ0v) is 10.3. The van der Waals surface area contributed by atoms with Gasteiger partial charge in [-0.05, 0) is 29.5 Å². The van der Waals surface area contributed by atoms with E-state index in [1.54, 1.807) is 6.20 Å². The summed E-state index contributed by atoms with van der Waals surface area (Å²) in [6.45, 7) is 0. The van der Waals surface area contributed by atoms with Crippen LogP contribution >= 0.6 is 0 Å². The molecule has 0 amide bonds. The number of hydrogen-bond donors (Lipinski definition) is 1. The van der Waals surface area contributed by atoms with Gasteiger partial charge in [-0.15, -0.1) is 0 Å². The largest absolute Gasteiger partial charge is 0.398 e. The smallest absolute Gasteiger partial charge is 0.121 e. The number of nitrogen functional groups attached to an aromatic ring is 1. The lowest BCUT2D eigenvalue weighted by atomic mass is 10.1. The summed E-state index contributed by atoms with van der Waals surface area (Å²) in [4.78, 5) is 4.34. The molecular formula is C17H12N2. The molecule has 2 heteroatoms. The third-order valence-electron chi connectivity index (χ3n) is 2.95. The summed E-state index contributed by atoms with van der Waals surface area (Å²) < 4.78 is 0. The number of rotatable bonds is 0. The molecule has 0 spiro atoms. The summed E-state index contributed by atoms with van der Waals surface area (Å²) >= 11 is 0. The molecule has 0 aliphatic heterocycles. The first kappa shape index (κ1) is 11.3. The highest BCUT2D eigenvalue weighted by molar-refractivity contribution is 5.86. The minimum absolute atomic E-state index is 0.690. The summed E-state index contributed by atoms with van der Waals surface area (Å²) in [5.74, 6) is 6.19. The average molecular weight is 244 g/mol. The molecule has 3 aromatic rings. The van der Waals surface area contributed by atoms with E-state index in [0.29, 0.717) is 5.69 Å². The standard InChI is InChI=1S/C17H12N2/c18-16-8-4-2-6-14(16)9-10-17-15-7-3-1-5-13(15)11-12-19-17/h1-8,11-12H,18H2. The molecule has 0 atom stereocenters. The Kier molecular flexibility index (Phi) is 2.88. The van der Waals surface area contributed by atoms with Gasteiger partial charge in [-0.3, -0.25) is 0 Å². The highest BCUT2D eigenvalue weighted by Gasteiger charge is 1.98. The molecule has 0 saturated carbocycles. The van der Waals surface area contributed by atoms with Gasteiger partial charge in [0.25, 0.3) is 0 Å². The van der Waals surface area contributed by atoms with Crippen LogP contribution in [-0.4, -0.2) is 4.98 Å². The molecule has 0 unspecified atom stereocenters. The first-order valence-electron chi connectivity index (χ1n) is 6.05. The van der Waals surface area contributed by atoms with Gasteiger partial charge in [-0.2, -0.15) is 0 Å². The van der Waals surface area contributed by atoms with Crippen LogP contribution in [-0.2, 0) is 0 Å². The van der Waals surface area contributed by atoms with Crippen LogP contribution in [0.2, 0.25) is 0 Å². The maximum Gasteiger partial charge on any atom is 0.121 e. The Hall–Kier alpha value is -2.79. The lowest BCUT2D eigenvalue weighted by Crippen LogP contribution is -1.89. The van der Waals surface area contributed by atoms with Crippen molar-refractivity contribution in [1.82, 2.24) is 4.98 Å². The number of fused-ring (bicyclic) bond motifs is 1. The second-order valence-electron chi connectivity index (χ2n) is 4.22. The number of nitrogens with two attached hydrogens (primary N) is 1. The van der Waals surface area contributed by atoms with Gasteiger partial charge in [0.2, 0.25) is 0 Å². The minimum Gasteiger partial charge on any atom is -0.398 e. The molecule has 19 heavy (non-hydrogen) atoms. The molecule has 2 aromatic carbocycles. The topological polar surface area (TPSA) is 38.9 Å². The fourth-order valence-electron chi connectivity index (χ4n) is 1.96. The predicted octanol–water partition coefficient (Wildman–Crippen LogP) is 3.22. The Morgan fingerprint density at radius 3 is 2.53 bits per heavy atom. The van der Waals surface area contributed by atoms with Crippen LogP contribution in [0.3, 0.4) is 0 Å². The second kappa shape index (κ2) is 4.83. The molecule has 0 aliphatic rings. The van der Waals surface area contributed by atoms with Crippen molar-refractivity contribution < 1.29 is 0 Å². The Balaban J connectivity index is 2.11. The van der Waals surface area contributed by atoms with Crippen LogP contribution in [0.25, 0.3) is 10.8 Å². The molecule has 90 valence electrons. The van der Waals surface area contributed by atoms with E-state index >= 15 is 0 Å². The van der Waals surface area contributed by atoms with Crippen LogP contribution in [0.4, 0.5) is 5.69 Å². The number of nitrogens with zero attached hydrogens (tertiary/aromatic N) is 1. The van der Waals surface area contributed by atoms with E-state index in [1.165, 1.54) is 0 Å². The van der Waals surface area contributed by atoms with Gasteiger partial charge < -0.3 is 5.73 Å². The van der Waals surface area contributed by atoms with Gasteiger partial charge in [0.05, 0.1) is 0 Å².